The summed E-state index contributed by atoms with van der Waals surface area (Å²) in [5.41, 5.74) is 8.65. The van der Waals surface area contributed by atoms with Crippen molar-refractivity contribution in [3.8, 4) is 0 Å². The van der Waals surface area contributed by atoms with Crippen LogP contribution in [0.4, 0.5) is 8.78 Å². The van der Waals surface area contributed by atoms with Crippen molar-refractivity contribution < 1.29 is 8.78 Å². The number of benzene rings is 1. The van der Waals surface area contributed by atoms with Gasteiger partial charge in [-0.15, -0.1) is 9.24 Å². The quantitative estimate of drug-likeness (QED) is 0.590. The third-order valence-electron chi connectivity index (χ3n) is 7.67. The predicted octanol–water partition coefficient (Wildman–Crippen LogP) is 6.09. The monoisotopic (exact) mass is 417 g/mol. The van der Waals surface area contributed by atoms with E-state index in [0.717, 1.165) is 23.8 Å². The van der Waals surface area contributed by atoms with Crippen LogP contribution in [0.1, 0.15) is 74.8 Å². The molecule has 2 atom stereocenters. The number of hydrogen-bond acceptors (Lipinski definition) is 1. The Kier molecular flexibility index (Phi) is 6.87. The zero-order chi connectivity index (χ0) is 20.4. The van der Waals surface area contributed by atoms with Crippen molar-refractivity contribution in [3.63, 3.8) is 0 Å². The van der Waals surface area contributed by atoms with Crippen molar-refractivity contribution >= 4 is 14.5 Å². The Morgan fingerprint density at radius 1 is 0.966 bits per heavy atom. The van der Waals surface area contributed by atoms with Gasteiger partial charge in [0.15, 0.2) is 0 Å². The smallest absolute Gasteiger partial charge is 0.129 e. The molecule has 1 aromatic carbocycles. The van der Waals surface area contributed by atoms with Crippen LogP contribution in [0.15, 0.2) is 35.9 Å². The molecule has 0 heterocycles. The maximum atomic E-state index is 14.1. The fourth-order valence-corrected chi connectivity index (χ4v) is 6.17. The second kappa shape index (κ2) is 9.40. The van der Waals surface area contributed by atoms with Crippen molar-refractivity contribution in [1.82, 2.24) is 0 Å². The minimum Gasteiger partial charge on any atom is -0.328 e. The van der Waals surface area contributed by atoms with Crippen LogP contribution in [0, 0.1) is 23.6 Å². The maximum Gasteiger partial charge on any atom is 0.129 e. The van der Waals surface area contributed by atoms with Crippen molar-refractivity contribution in [2.45, 2.75) is 76.4 Å². The Morgan fingerprint density at radius 2 is 1.62 bits per heavy atom. The Hall–Kier alpha value is -1.05. The lowest BCUT2D eigenvalue weighted by molar-refractivity contribution is 0.170. The molecule has 4 rings (SSSR count). The molecule has 2 saturated carbocycles. The SMILES string of the molecule is NC1CCC(C2CCC(C3=CCC(c4cc(F)c(CF)c(P)c4)C=C3)CC2)CC1. The molecule has 0 radical (unpaired) electrons. The van der Waals surface area contributed by atoms with Gasteiger partial charge in [0, 0.05) is 17.5 Å². The fraction of sp³-hybridized carbons (Fsp3) is 0.600. The first-order valence-corrected chi connectivity index (χ1v) is 11.9. The van der Waals surface area contributed by atoms with Gasteiger partial charge in [0.1, 0.15) is 12.5 Å². The number of nitrogens with two attached hydrogens (primary N) is 1. The normalized spacial score (nSPS) is 32.8. The highest BCUT2D eigenvalue weighted by Gasteiger charge is 2.31. The third-order valence-corrected chi connectivity index (χ3v) is 8.18. The summed E-state index contributed by atoms with van der Waals surface area (Å²) < 4.78 is 27.1. The molecule has 158 valence electrons. The van der Waals surface area contributed by atoms with Gasteiger partial charge in [0.25, 0.3) is 0 Å². The molecule has 29 heavy (non-hydrogen) atoms. The largest absolute Gasteiger partial charge is 0.328 e. The molecule has 3 aliphatic rings. The highest BCUT2D eigenvalue weighted by molar-refractivity contribution is 7.27. The minimum absolute atomic E-state index is 0.159. The minimum atomic E-state index is -0.758. The summed E-state index contributed by atoms with van der Waals surface area (Å²) in [4.78, 5) is 0. The van der Waals surface area contributed by atoms with E-state index < -0.39 is 12.5 Å². The second-order valence-electron chi connectivity index (χ2n) is 9.40. The van der Waals surface area contributed by atoms with Crippen molar-refractivity contribution in [2.24, 2.45) is 23.5 Å². The first-order valence-electron chi connectivity index (χ1n) is 11.3. The summed E-state index contributed by atoms with van der Waals surface area (Å²) in [7, 11) is 2.47. The second-order valence-corrected chi connectivity index (χ2v) is 10.0. The summed E-state index contributed by atoms with van der Waals surface area (Å²) in [6.07, 6.45) is 18.1. The van der Waals surface area contributed by atoms with E-state index in [1.165, 1.54) is 63.0 Å². The standard InChI is InChI=1S/C25H34F2NP/c26-15-23-24(27)13-21(14-25(23)29)20-7-5-17(6-8-20)16-1-3-18(4-2-16)19-9-11-22(28)12-10-19/h5-7,13-14,16,18-20,22H,1-4,8-12,15,28-29H2. The molecule has 0 spiro atoms. The Morgan fingerprint density at radius 3 is 2.17 bits per heavy atom. The molecule has 2 unspecified atom stereocenters. The van der Waals surface area contributed by atoms with Gasteiger partial charge < -0.3 is 5.73 Å². The highest BCUT2D eigenvalue weighted by Crippen LogP contribution is 2.43. The summed E-state index contributed by atoms with van der Waals surface area (Å²) in [5.74, 6) is 2.23. The first-order chi connectivity index (χ1) is 14.0. The van der Waals surface area contributed by atoms with Crippen LogP contribution in [0.2, 0.25) is 0 Å². The molecule has 3 aliphatic carbocycles. The Bertz CT molecular complexity index is 748. The third kappa shape index (κ3) is 4.83. The lowest BCUT2D eigenvalue weighted by atomic mass is 9.68. The summed E-state index contributed by atoms with van der Waals surface area (Å²) in [6, 6.07) is 3.87. The van der Waals surface area contributed by atoms with Gasteiger partial charge in [-0.2, -0.15) is 0 Å². The number of rotatable bonds is 4. The molecular weight excluding hydrogens is 383 g/mol. The van der Waals surface area contributed by atoms with Crippen LogP contribution in [0.3, 0.4) is 0 Å². The zero-order valence-corrected chi connectivity index (χ0v) is 18.4. The maximum absolute atomic E-state index is 14.1. The van der Waals surface area contributed by atoms with E-state index in [0.29, 0.717) is 17.3 Å². The molecule has 0 aromatic heterocycles. The number of allylic oxidation sites excluding steroid dienone is 4. The van der Waals surface area contributed by atoms with Gasteiger partial charge in [0.05, 0.1) is 0 Å². The van der Waals surface area contributed by atoms with E-state index in [1.54, 1.807) is 0 Å². The summed E-state index contributed by atoms with van der Waals surface area (Å²) >= 11 is 0. The van der Waals surface area contributed by atoms with Crippen molar-refractivity contribution in [2.75, 3.05) is 0 Å². The lowest BCUT2D eigenvalue weighted by Gasteiger charge is -2.38. The number of halogens is 2. The first kappa shape index (κ1) is 21.2. The van der Waals surface area contributed by atoms with Crippen molar-refractivity contribution in [3.05, 3.63) is 52.9 Å². The van der Waals surface area contributed by atoms with Gasteiger partial charge in [-0.05, 0) is 98.0 Å². The molecule has 0 saturated heterocycles. The predicted molar refractivity (Wildman–Crippen MR) is 121 cm³/mol. The van der Waals surface area contributed by atoms with Crippen LogP contribution < -0.4 is 11.0 Å². The average molecular weight is 418 g/mol. The summed E-state index contributed by atoms with van der Waals surface area (Å²) in [5, 5.41) is 0.632. The molecular formula is C25H34F2NP. The van der Waals surface area contributed by atoms with Gasteiger partial charge in [-0.25, -0.2) is 8.78 Å². The van der Waals surface area contributed by atoms with Gasteiger partial charge in [0.2, 0.25) is 0 Å². The van der Waals surface area contributed by atoms with Crippen LogP contribution in [-0.4, -0.2) is 6.04 Å². The van der Waals surface area contributed by atoms with Crippen molar-refractivity contribution in [1.29, 1.82) is 0 Å². The van der Waals surface area contributed by atoms with E-state index in [-0.39, 0.29) is 11.5 Å². The van der Waals surface area contributed by atoms with E-state index in [9.17, 15) is 8.78 Å². The molecule has 1 nitrogen and oxygen atoms in total. The van der Waals surface area contributed by atoms with Gasteiger partial charge in [-0.1, -0.05) is 24.3 Å². The molecule has 2 N–H and O–H groups in total. The molecule has 4 heteroatoms. The fourth-order valence-electron chi connectivity index (χ4n) is 5.76. The van der Waals surface area contributed by atoms with E-state index in [2.05, 4.69) is 27.5 Å². The molecule has 0 aliphatic heterocycles. The Balaban J connectivity index is 1.32. The molecule has 0 amide bonds. The molecule has 2 fully saturated rings. The Labute approximate surface area is 176 Å². The number of hydrogen-bond donors (Lipinski definition) is 1. The molecule has 0 bridgehead atoms. The van der Waals surface area contributed by atoms with E-state index >= 15 is 0 Å². The topological polar surface area (TPSA) is 26.0 Å². The zero-order valence-electron chi connectivity index (χ0n) is 17.3. The van der Waals surface area contributed by atoms with Crippen LogP contribution in [0.25, 0.3) is 0 Å². The van der Waals surface area contributed by atoms with Gasteiger partial charge in [-0.3, -0.25) is 0 Å². The van der Waals surface area contributed by atoms with Crippen LogP contribution in [0.5, 0.6) is 0 Å². The number of alkyl halides is 1. The summed E-state index contributed by atoms with van der Waals surface area (Å²) in [6.45, 7) is -0.758. The average Bonchev–Trinajstić information content (AvgIpc) is 2.74. The van der Waals surface area contributed by atoms with Crippen LogP contribution >= 0.6 is 9.24 Å². The lowest BCUT2D eigenvalue weighted by Crippen LogP contribution is -2.31. The highest BCUT2D eigenvalue weighted by atomic mass is 31.0. The molecule has 1 aromatic rings. The van der Waals surface area contributed by atoms with E-state index in [1.807, 2.05) is 6.07 Å². The van der Waals surface area contributed by atoms with Gasteiger partial charge >= 0.3 is 0 Å². The van der Waals surface area contributed by atoms with Crippen LogP contribution in [-0.2, 0) is 6.67 Å². The van der Waals surface area contributed by atoms with E-state index in [4.69, 9.17) is 5.73 Å².